The Kier molecular flexibility index (Phi) is 5.27. The first-order valence-electron chi connectivity index (χ1n) is 12.0. The van der Waals surface area contributed by atoms with E-state index in [-0.39, 0.29) is 26.2 Å². The smallest absolute Gasteiger partial charge is 0.0381 e. The Morgan fingerprint density at radius 3 is 2.00 bits per heavy atom. The summed E-state index contributed by atoms with van der Waals surface area (Å²) in [5.74, 6) is 0.455. The van der Waals surface area contributed by atoms with Gasteiger partial charge < -0.3 is 4.90 Å². The number of anilines is 1. The summed E-state index contributed by atoms with van der Waals surface area (Å²) in [6.45, 7) is 2.16. The van der Waals surface area contributed by atoms with Gasteiger partial charge in [-0.1, -0.05) is 90.9 Å². The maximum absolute atomic E-state index is 3.71. The zero-order valence-corrected chi connectivity index (χ0v) is 22.1. The SMILES string of the molecule is Cc1[c-]c2c(cc1)N(C)C1C2=C(CCC2c3ccccc3-c3ccccc32)c2ccccc21.[Zr]. The van der Waals surface area contributed by atoms with Crippen molar-refractivity contribution in [2.75, 3.05) is 11.9 Å². The van der Waals surface area contributed by atoms with E-state index in [0.29, 0.717) is 12.0 Å². The van der Waals surface area contributed by atoms with Gasteiger partial charge in [0.1, 0.15) is 0 Å². The van der Waals surface area contributed by atoms with Crippen LogP contribution in [-0.2, 0) is 26.2 Å². The second-order valence-corrected chi connectivity index (χ2v) is 9.66. The minimum atomic E-state index is 0. The molecule has 0 amide bonds. The second-order valence-electron chi connectivity index (χ2n) is 9.66. The first-order chi connectivity index (χ1) is 16.2. The number of aryl methyl sites for hydroxylation is 1. The van der Waals surface area contributed by atoms with Gasteiger partial charge in [0.05, 0.1) is 0 Å². The molecule has 0 radical (unpaired) electrons. The number of fused-ring (bicyclic) bond motifs is 8. The van der Waals surface area contributed by atoms with E-state index in [9.17, 15) is 0 Å². The Morgan fingerprint density at radius 1 is 0.735 bits per heavy atom. The Labute approximate surface area is 221 Å². The number of rotatable bonds is 3. The number of nitrogens with zero attached hydrogens (tertiary/aromatic N) is 1. The summed E-state index contributed by atoms with van der Waals surface area (Å²) in [6.07, 6.45) is 2.20. The molecule has 1 heterocycles. The van der Waals surface area contributed by atoms with Gasteiger partial charge in [0.2, 0.25) is 0 Å². The summed E-state index contributed by atoms with van der Waals surface area (Å²) >= 11 is 0. The summed E-state index contributed by atoms with van der Waals surface area (Å²) in [6, 6.07) is 35.5. The Morgan fingerprint density at radius 2 is 1.32 bits per heavy atom. The third-order valence-corrected chi connectivity index (χ3v) is 7.93. The number of hydrogen-bond acceptors (Lipinski definition) is 1. The van der Waals surface area contributed by atoms with Gasteiger partial charge in [-0.3, -0.25) is 0 Å². The topological polar surface area (TPSA) is 3.24 Å². The zero-order valence-electron chi connectivity index (χ0n) is 19.6. The summed E-state index contributed by atoms with van der Waals surface area (Å²) in [5.41, 5.74) is 15.5. The summed E-state index contributed by atoms with van der Waals surface area (Å²) in [4.78, 5) is 2.45. The van der Waals surface area contributed by atoms with Crippen LogP contribution in [0.2, 0.25) is 0 Å². The van der Waals surface area contributed by atoms with E-state index in [1.165, 1.54) is 61.3 Å². The molecule has 2 heteroatoms. The standard InChI is InChI=1S/C32H26N.Zr/c1-20-15-18-30-29(19-20)31-27(25-13-7-8-14-28(25)32(31)33(30)2)17-16-26-23-11-5-3-9-21(23)22-10-4-6-12-24(22)26;/h3-15,18,26,32H,16-17H2,1-2H3;/q-1;. The van der Waals surface area contributed by atoms with Crippen molar-refractivity contribution in [2.24, 2.45) is 0 Å². The van der Waals surface area contributed by atoms with Crippen LogP contribution in [-0.4, -0.2) is 7.05 Å². The largest absolute Gasteiger partial charge is 0.410 e. The quantitative estimate of drug-likeness (QED) is 0.252. The average molecular weight is 516 g/mol. The van der Waals surface area contributed by atoms with Crippen LogP contribution >= 0.6 is 0 Å². The molecular formula is C32H26NZr-. The molecule has 0 aromatic heterocycles. The predicted octanol–water partition coefficient (Wildman–Crippen LogP) is 7.80. The maximum Gasteiger partial charge on any atom is 0.0381 e. The molecule has 7 rings (SSSR count). The van der Waals surface area contributed by atoms with E-state index in [4.69, 9.17) is 0 Å². The monoisotopic (exact) mass is 514 g/mol. The molecule has 0 fully saturated rings. The van der Waals surface area contributed by atoms with Crippen molar-refractivity contribution in [3.63, 3.8) is 0 Å². The molecule has 0 bridgehead atoms. The minimum Gasteiger partial charge on any atom is -0.410 e. The van der Waals surface area contributed by atoms with Crippen molar-refractivity contribution in [2.45, 2.75) is 31.7 Å². The minimum absolute atomic E-state index is 0. The molecule has 164 valence electrons. The molecule has 1 nitrogen and oxygen atoms in total. The molecule has 1 aliphatic heterocycles. The van der Waals surface area contributed by atoms with Crippen LogP contribution in [0.1, 0.15) is 58.2 Å². The van der Waals surface area contributed by atoms with Gasteiger partial charge in [0.15, 0.2) is 0 Å². The van der Waals surface area contributed by atoms with E-state index in [0.717, 1.165) is 12.8 Å². The molecule has 0 N–H and O–H groups in total. The Balaban J connectivity index is 0.00000217. The first kappa shape index (κ1) is 21.8. The van der Waals surface area contributed by atoms with Crippen LogP contribution in [0.3, 0.4) is 0 Å². The van der Waals surface area contributed by atoms with E-state index in [1.807, 2.05) is 0 Å². The van der Waals surface area contributed by atoms with Gasteiger partial charge >= 0.3 is 0 Å². The van der Waals surface area contributed by atoms with Gasteiger partial charge in [0, 0.05) is 38.2 Å². The number of benzene rings is 4. The van der Waals surface area contributed by atoms with Crippen molar-refractivity contribution >= 4 is 16.8 Å². The van der Waals surface area contributed by atoms with Crippen LogP contribution in [0.15, 0.2) is 84.9 Å². The van der Waals surface area contributed by atoms with Gasteiger partial charge in [-0.05, 0) is 59.0 Å². The van der Waals surface area contributed by atoms with Crippen LogP contribution in [0, 0.1) is 13.0 Å². The summed E-state index contributed by atoms with van der Waals surface area (Å²) in [5, 5.41) is 0. The van der Waals surface area contributed by atoms with Gasteiger partial charge in [0.25, 0.3) is 0 Å². The fraction of sp³-hybridized carbons (Fsp3) is 0.188. The molecule has 1 atom stereocenters. The predicted molar refractivity (Wildman–Crippen MR) is 137 cm³/mol. The molecule has 2 aliphatic carbocycles. The van der Waals surface area contributed by atoms with Crippen LogP contribution in [0.25, 0.3) is 22.3 Å². The molecule has 1 unspecified atom stereocenters. The molecule has 0 saturated heterocycles. The Bertz CT molecular complexity index is 1420. The number of allylic oxidation sites excluding steroid dienone is 1. The van der Waals surface area contributed by atoms with Crippen molar-refractivity contribution < 1.29 is 26.2 Å². The fourth-order valence-electron chi connectivity index (χ4n) is 6.52. The molecule has 34 heavy (non-hydrogen) atoms. The van der Waals surface area contributed by atoms with Crippen LogP contribution in [0.4, 0.5) is 5.69 Å². The maximum atomic E-state index is 3.71. The van der Waals surface area contributed by atoms with E-state index in [1.54, 1.807) is 0 Å². The number of hydrogen-bond donors (Lipinski definition) is 0. The molecule has 0 saturated carbocycles. The van der Waals surface area contributed by atoms with Crippen molar-refractivity contribution in [1.29, 1.82) is 0 Å². The van der Waals surface area contributed by atoms with E-state index >= 15 is 0 Å². The fourth-order valence-corrected chi connectivity index (χ4v) is 6.52. The van der Waals surface area contributed by atoms with Crippen molar-refractivity contribution in [1.82, 2.24) is 0 Å². The first-order valence-corrected chi connectivity index (χ1v) is 12.0. The molecule has 0 spiro atoms. The molecular weight excluding hydrogens is 490 g/mol. The van der Waals surface area contributed by atoms with Gasteiger partial charge in [-0.15, -0.1) is 29.3 Å². The van der Waals surface area contributed by atoms with Gasteiger partial charge in [-0.25, -0.2) is 0 Å². The second kappa shape index (κ2) is 8.21. The molecule has 4 aromatic carbocycles. The Hall–Kier alpha value is -2.70. The molecule has 3 aliphatic rings. The average Bonchev–Trinajstić information content (AvgIpc) is 3.45. The van der Waals surface area contributed by atoms with Crippen LogP contribution in [0.5, 0.6) is 0 Å². The van der Waals surface area contributed by atoms with Crippen molar-refractivity contribution in [3.8, 4) is 11.1 Å². The van der Waals surface area contributed by atoms with Crippen LogP contribution < -0.4 is 4.90 Å². The molecule has 4 aromatic rings. The van der Waals surface area contributed by atoms with E-state index in [2.05, 4.69) is 110 Å². The third kappa shape index (κ3) is 3.01. The zero-order chi connectivity index (χ0) is 22.1. The number of likely N-dealkylation sites (N-methyl/N-ethyl adjacent to an activating group) is 1. The van der Waals surface area contributed by atoms with E-state index < -0.39 is 0 Å². The summed E-state index contributed by atoms with van der Waals surface area (Å²) in [7, 11) is 2.24. The summed E-state index contributed by atoms with van der Waals surface area (Å²) < 4.78 is 0. The van der Waals surface area contributed by atoms with Crippen molar-refractivity contribution in [3.05, 3.63) is 124 Å². The third-order valence-electron chi connectivity index (χ3n) is 7.93. The van der Waals surface area contributed by atoms with Gasteiger partial charge in [-0.2, -0.15) is 0 Å². The normalized spacial score (nSPS) is 17.1.